The van der Waals surface area contributed by atoms with E-state index >= 15 is 0 Å². The summed E-state index contributed by atoms with van der Waals surface area (Å²) in [5, 5.41) is 7.30. The first-order valence-electron chi connectivity index (χ1n) is 35.4. The van der Waals surface area contributed by atoms with E-state index in [0.29, 0.717) is 0 Å². The third kappa shape index (κ3) is 12.4. The van der Waals surface area contributed by atoms with Gasteiger partial charge in [-0.2, -0.15) is 0 Å². The lowest BCUT2D eigenvalue weighted by molar-refractivity contribution is 1.13. The molecule has 0 fully saturated rings. The lowest BCUT2D eigenvalue weighted by Crippen LogP contribution is -2.59. The van der Waals surface area contributed by atoms with Crippen molar-refractivity contribution in [3.63, 3.8) is 0 Å². The van der Waals surface area contributed by atoms with Crippen molar-refractivity contribution in [1.82, 2.24) is 0 Å². The number of para-hydroxylation sites is 3. The van der Waals surface area contributed by atoms with E-state index in [0.717, 1.165) is 70.4 Å². The van der Waals surface area contributed by atoms with Crippen molar-refractivity contribution >= 4 is 107 Å². The Bertz CT molecular complexity index is 4930. The van der Waals surface area contributed by atoms with Crippen LogP contribution in [0.4, 0.5) is 51.2 Å². The Balaban J connectivity index is 0.893. The van der Waals surface area contributed by atoms with Crippen LogP contribution in [-0.2, 0) is 19.3 Å². The van der Waals surface area contributed by atoms with E-state index in [4.69, 9.17) is 0 Å². The van der Waals surface area contributed by atoms with Crippen LogP contribution in [0.25, 0.3) is 32.3 Å². The van der Waals surface area contributed by atoms with Crippen LogP contribution < -0.4 is 31.1 Å². The molecule has 0 aromatic heterocycles. The Kier molecular flexibility index (Phi) is 17.9. The first-order chi connectivity index (χ1) is 48.8. The quantitative estimate of drug-likeness (QED) is 0.0793. The van der Waals surface area contributed by atoms with E-state index in [1.54, 1.807) is 0 Å². The third-order valence-electron chi connectivity index (χ3n) is 21.3. The molecule has 15 aromatic carbocycles. The van der Waals surface area contributed by atoms with Gasteiger partial charge in [0.05, 0.1) is 17.1 Å². The lowest BCUT2D eigenvalue weighted by Gasteiger charge is -2.32. The molecule has 4 heteroatoms. The SMILES string of the molecule is Cc1cc(C)c(Cc2ccc(N(c3ccccc3)c3cccc4ccccc34)cc2)c(B(c2c(C)c(C)cc(C)c2Cc2ccc(N(c3ccccc3)c3cccc4ccccc34)cc2)c2c(C)c(C)cc(C)c2Cc2ccc(N(c3ccccc3)c3cccc4ccccc34)cc2)c1C. The fraction of sp³-hybridized carbons (Fsp3) is 0.125. The van der Waals surface area contributed by atoms with E-state index in [2.05, 4.69) is 386 Å². The van der Waals surface area contributed by atoms with E-state index in [1.165, 1.54) is 132 Å². The molecule has 0 heterocycles. The maximum atomic E-state index is 2.46. The number of nitrogens with zero attached hydrogens (tertiary/aromatic N) is 3. The zero-order chi connectivity index (χ0) is 68.5. The van der Waals surface area contributed by atoms with Gasteiger partial charge in [0.2, 0.25) is 6.71 Å². The molecule has 0 spiro atoms. The van der Waals surface area contributed by atoms with Crippen LogP contribution in [-0.4, -0.2) is 6.71 Å². The summed E-state index contributed by atoms with van der Waals surface area (Å²) >= 11 is 0. The van der Waals surface area contributed by atoms with Gasteiger partial charge in [-0.3, -0.25) is 0 Å². The zero-order valence-electron chi connectivity index (χ0n) is 59.0. The number of hydrogen-bond donors (Lipinski definition) is 0. The molecule has 0 unspecified atom stereocenters. The number of benzene rings is 15. The normalized spacial score (nSPS) is 11.4. The molecule has 15 rings (SSSR count). The summed E-state index contributed by atoms with van der Waals surface area (Å²) in [6.45, 7) is 21.3. The first-order valence-corrected chi connectivity index (χ1v) is 35.4. The molecular weight excluding hydrogens is 1210 g/mol. The highest BCUT2D eigenvalue weighted by Crippen LogP contribution is 2.43. The van der Waals surface area contributed by atoms with E-state index < -0.39 is 0 Å². The molecule has 0 aliphatic carbocycles. The minimum atomic E-state index is -0.131. The Morgan fingerprint density at radius 2 is 0.450 bits per heavy atom. The van der Waals surface area contributed by atoms with Gasteiger partial charge in [-0.15, -0.1) is 0 Å². The molecule has 0 radical (unpaired) electrons. The number of rotatable bonds is 18. The zero-order valence-corrected chi connectivity index (χ0v) is 59.0. The molecule has 100 heavy (non-hydrogen) atoms. The monoisotopic (exact) mass is 1290 g/mol. The number of anilines is 9. The number of hydrogen-bond acceptors (Lipinski definition) is 3. The third-order valence-corrected chi connectivity index (χ3v) is 21.3. The smallest absolute Gasteiger partial charge is 0.243 e. The van der Waals surface area contributed by atoms with Crippen molar-refractivity contribution in [2.24, 2.45) is 0 Å². The highest BCUT2D eigenvalue weighted by molar-refractivity contribution is 6.97. The van der Waals surface area contributed by atoms with Crippen LogP contribution in [0.2, 0.25) is 0 Å². The van der Waals surface area contributed by atoms with Crippen molar-refractivity contribution in [3.05, 3.63) is 393 Å². The second-order valence-electron chi connectivity index (χ2n) is 27.6. The Labute approximate surface area is 592 Å². The average Bonchev–Trinajstić information content (AvgIpc) is 0.742. The minimum absolute atomic E-state index is 0.131. The van der Waals surface area contributed by atoms with Gasteiger partial charge in [0.25, 0.3) is 0 Å². The molecule has 0 N–H and O–H groups in total. The van der Waals surface area contributed by atoms with Gasteiger partial charge in [0, 0.05) is 50.3 Å². The maximum Gasteiger partial charge on any atom is 0.243 e. The second-order valence-corrected chi connectivity index (χ2v) is 27.6. The Morgan fingerprint density at radius 3 is 0.720 bits per heavy atom. The van der Waals surface area contributed by atoms with E-state index in [9.17, 15) is 0 Å². The predicted molar refractivity (Wildman–Crippen MR) is 431 cm³/mol. The van der Waals surface area contributed by atoms with Gasteiger partial charge in [-0.05, 0) is 255 Å². The number of aryl methyl sites for hydroxylation is 6. The van der Waals surface area contributed by atoms with Crippen LogP contribution in [0.15, 0.2) is 309 Å². The molecule has 0 saturated carbocycles. The van der Waals surface area contributed by atoms with Gasteiger partial charge < -0.3 is 14.7 Å². The Hall–Kier alpha value is -11.5. The molecule has 0 atom stereocenters. The van der Waals surface area contributed by atoms with Gasteiger partial charge in [0.15, 0.2) is 0 Å². The van der Waals surface area contributed by atoms with Crippen molar-refractivity contribution in [3.8, 4) is 0 Å². The lowest BCUT2D eigenvalue weighted by atomic mass is 9.32. The van der Waals surface area contributed by atoms with Crippen LogP contribution in [0.3, 0.4) is 0 Å². The largest absolute Gasteiger partial charge is 0.310 e. The molecule has 0 bridgehead atoms. The van der Waals surface area contributed by atoms with E-state index in [-0.39, 0.29) is 6.71 Å². The average molecular weight is 1290 g/mol. The van der Waals surface area contributed by atoms with Crippen molar-refractivity contribution in [2.75, 3.05) is 14.7 Å². The molecule has 486 valence electrons. The molecule has 0 aliphatic rings. The number of fused-ring (bicyclic) bond motifs is 3. The van der Waals surface area contributed by atoms with E-state index in [1.807, 2.05) is 0 Å². The predicted octanol–water partition coefficient (Wildman–Crippen LogP) is 23.6. The summed E-state index contributed by atoms with van der Waals surface area (Å²) in [7, 11) is 0. The molecule has 3 nitrogen and oxygen atoms in total. The van der Waals surface area contributed by atoms with Gasteiger partial charge in [-0.25, -0.2) is 0 Å². The molecule has 0 aliphatic heterocycles. The van der Waals surface area contributed by atoms with Crippen LogP contribution in [0, 0.1) is 62.3 Å². The van der Waals surface area contributed by atoms with Crippen LogP contribution >= 0.6 is 0 Å². The summed E-state index contributed by atoms with van der Waals surface area (Å²) in [4.78, 5) is 7.25. The molecule has 0 saturated heterocycles. The van der Waals surface area contributed by atoms with Crippen molar-refractivity contribution in [1.29, 1.82) is 0 Å². The fourth-order valence-corrected chi connectivity index (χ4v) is 15.9. The Morgan fingerprint density at radius 1 is 0.220 bits per heavy atom. The highest BCUT2D eigenvalue weighted by atomic mass is 15.2. The molecule has 15 aromatic rings. The van der Waals surface area contributed by atoms with Gasteiger partial charge in [0.1, 0.15) is 0 Å². The van der Waals surface area contributed by atoms with Crippen LogP contribution in [0.5, 0.6) is 0 Å². The summed E-state index contributed by atoms with van der Waals surface area (Å²) in [5.41, 5.74) is 34.4. The summed E-state index contributed by atoms with van der Waals surface area (Å²) in [6, 6.07) is 114. The van der Waals surface area contributed by atoms with Gasteiger partial charge in [-0.1, -0.05) is 251 Å². The maximum absolute atomic E-state index is 2.46. The van der Waals surface area contributed by atoms with Crippen molar-refractivity contribution < 1.29 is 0 Å². The summed E-state index contributed by atoms with van der Waals surface area (Å²) in [6.07, 6.45) is 2.30. The van der Waals surface area contributed by atoms with Crippen LogP contribution in [0.1, 0.15) is 83.5 Å². The first kappa shape index (κ1) is 64.5. The minimum Gasteiger partial charge on any atom is -0.310 e. The fourth-order valence-electron chi connectivity index (χ4n) is 15.9. The highest BCUT2D eigenvalue weighted by Gasteiger charge is 2.36. The van der Waals surface area contributed by atoms with Gasteiger partial charge >= 0.3 is 0 Å². The topological polar surface area (TPSA) is 9.72 Å². The molecular formula is C96H84BN3. The van der Waals surface area contributed by atoms with Crippen molar-refractivity contribution in [2.45, 2.75) is 81.6 Å². The summed E-state index contributed by atoms with van der Waals surface area (Å²) in [5.74, 6) is 0. The summed E-state index contributed by atoms with van der Waals surface area (Å²) < 4.78 is 0. The molecule has 0 amide bonds. The standard InChI is InChI=1S/C96H84BN3/c1-64-58-67(4)88(61-73-46-52-82(53-47-73)98(79-34-13-10-14-35-79)91-43-25-31-76-28-19-22-40-85(76)91)94(70(64)7)97(95-71(8)65(2)59-68(5)89(95)62-74-48-54-83(55-49-74)99(80-36-15-11-16-37-80)92-44-26-32-77-29-20-23-41-86(77)92)96-72(9)66(3)60-69(6)90(96)63-75-50-56-84(57-51-75)100(81-38-17-12-18-39-81)93-45-27-33-78-30-21-24-42-87(78)93/h10-60H,61-63H2,1-9H3. The second kappa shape index (κ2) is 27.8.